The summed E-state index contributed by atoms with van der Waals surface area (Å²) < 4.78 is 15.2. The van der Waals surface area contributed by atoms with Gasteiger partial charge in [-0.15, -0.1) is 0 Å². The maximum absolute atomic E-state index is 13.5. The second-order valence-corrected chi connectivity index (χ2v) is 8.43. The molecule has 6 nitrogen and oxygen atoms in total. The molecule has 1 aliphatic heterocycles. The maximum atomic E-state index is 13.5. The molecule has 2 fully saturated rings. The lowest BCUT2D eigenvalue weighted by Crippen LogP contribution is -2.27. The van der Waals surface area contributed by atoms with Gasteiger partial charge in [-0.25, -0.2) is 18.9 Å². The highest BCUT2D eigenvalue weighted by Crippen LogP contribution is 2.44. The molecule has 0 atom stereocenters. The van der Waals surface area contributed by atoms with Crippen LogP contribution in [0.1, 0.15) is 71.2 Å². The fourth-order valence-electron chi connectivity index (χ4n) is 4.85. The first-order chi connectivity index (χ1) is 14.5. The number of nitrogens with zero attached hydrogens (tertiary/aromatic N) is 3. The van der Waals surface area contributed by atoms with Crippen molar-refractivity contribution in [2.75, 3.05) is 13.1 Å². The molecule has 3 heterocycles. The van der Waals surface area contributed by atoms with Crippen LogP contribution in [0.3, 0.4) is 0 Å². The van der Waals surface area contributed by atoms with Crippen LogP contribution in [0.15, 0.2) is 24.3 Å². The zero-order valence-corrected chi connectivity index (χ0v) is 17.0. The van der Waals surface area contributed by atoms with Crippen LogP contribution in [0.2, 0.25) is 0 Å². The lowest BCUT2D eigenvalue weighted by Gasteiger charge is -2.28. The number of carboxylic acids is 1. The van der Waals surface area contributed by atoms with E-state index in [2.05, 4.69) is 10.3 Å². The van der Waals surface area contributed by atoms with Crippen molar-refractivity contribution in [2.24, 2.45) is 0 Å². The second kappa shape index (κ2) is 7.47. The topological polar surface area (TPSA) is 80.0 Å². The molecule has 2 aliphatic rings. The van der Waals surface area contributed by atoms with E-state index in [1.165, 1.54) is 18.6 Å². The van der Waals surface area contributed by atoms with E-state index < -0.39 is 5.97 Å². The first-order valence-corrected chi connectivity index (χ1v) is 10.7. The Balaban J connectivity index is 1.82. The number of fused-ring (bicyclic) bond motifs is 1. The van der Waals surface area contributed by atoms with Crippen molar-refractivity contribution in [3.05, 3.63) is 52.6 Å². The normalized spacial score (nSPS) is 17.9. The Morgan fingerprint density at radius 2 is 1.83 bits per heavy atom. The molecule has 1 saturated carbocycles. The van der Waals surface area contributed by atoms with Crippen molar-refractivity contribution in [2.45, 2.75) is 50.9 Å². The number of aromatic nitrogens is 3. The van der Waals surface area contributed by atoms with Crippen molar-refractivity contribution in [3.8, 4) is 5.69 Å². The minimum Gasteiger partial charge on any atom is -0.477 e. The molecule has 156 valence electrons. The number of hydrogen-bond acceptors (Lipinski definition) is 4. The average molecular weight is 408 g/mol. The second-order valence-electron chi connectivity index (χ2n) is 8.43. The van der Waals surface area contributed by atoms with Crippen LogP contribution in [-0.4, -0.2) is 38.9 Å². The summed E-state index contributed by atoms with van der Waals surface area (Å²) in [5.74, 6) is -0.701. The maximum Gasteiger partial charge on any atom is 0.354 e. The van der Waals surface area contributed by atoms with E-state index in [1.54, 1.807) is 16.8 Å². The molecule has 1 saturated heterocycles. The lowest BCUT2D eigenvalue weighted by molar-refractivity contribution is 0.0690. The number of benzene rings is 1. The number of pyridine rings is 1. The highest BCUT2D eigenvalue weighted by Gasteiger charge is 2.32. The molecule has 30 heavy (non-hydrogen) atoms. The van der Waals surface area contributed by atoms with Gasteiger partial charge in [-0.3, -0.25) is 0 Å². The number of piperidine rings is 1. The zero-order valence-electron chi connectivity index (χ0n) is 17.0. The molecule has 0 spiro atoms. The van der Waals surface area contributed by atoms with Crippen LogP contribution >= 0.6 is 0 Å². The van der Waals surface area contributed by atoms with Crippen LogP contribution in [0.4, 0.5) is 4.39 Å². The molecule has 0 unspecified atom stereocenters. The van der Waals surface area contributed by atoms with E-state index in [-0.39, 0.29) is 17.4 Å². The van der Waals surface area contributed by atoms with Crippen LogP contribution < -0.4 is 5.32 Å². The zero-order chi connectivity index (χ0) is 20.8. The van der Waals surface area contributed by atoms with Gasteiger partial charge in [0.15, 0.2) is 11.3 Å². The van der Waals surface area contributed by atoms with Gasteiger partial charge in [-0.2, -0.15) is 5.10 Å². The van der Waals surface area contributed by atoms with E-state index in [1.807, 2.05) is 6.92 Å². The van der Waals surface area contributed by atoms with Gasteiger partial charge >= 0.3 is 5.97 Å². The Labute approximate surface area is 174 Å². The first kappa shape index (κ1) is 19.2. The number of rotatable bonds is 4. The SMILES string of the molecule is Cc1c(C(=O)O)nc2c(c(C3CCC3)nn2-c2ccc(F)cc2)c1C1CCNCC1. The smallest absolute Gasteiger partial charge is 0.354 e. The van der Waals surface area contributed by atoms with E-state index in [0.29, 0.717) is 17.3 Å². The predicted octanol–water partition coefficient (Wildman–Crippen LogP) is 4.30. The van der Waals surface area contributed by atoms with E-state index >= 15 is 0 Å². The Bertz CT molecular complexity index is 1110. The third-order valence-electron chi connectivity index (χ3n) is 6.65. The summed E-state index contributed by atoms with van der Waals surface area (Å²) >= 11 is 0. The number of halogens is 1. The highest BCUT2D eigenvalue weighted by atomic mass is 19.1. The van der Waals surface area contributed by atoms with Gasteiger partial charge in [0.05, 0.1) is 11.4 Å². The quantitative estimate of drug-likeness (QED) is 0.673. The summed E-state index contributed by atoms with van der Waals surface area (Å²) in [6, 6.07) is 6.12. The lowest BCUT2D eigenvalue weighted by atomic mass is 9.78. The Morgan fingerprint density at radius 1 is 1.13 bits per heavy atom. The summed E-state index contributed by atoms with van der Waals surface area (Å²) in [5, 5.41) is 19.2. The molecular weight excluding hydrogens is 383 g/mol. The van der Waals surface area contributed by atoms with Gasteiger partial charge in [-0.1, -0.05) is 6.42 Å². The molecule has 7 heteroatoms. The molecule has 2 aromatic heterocycles. The molecule has 1 aromatic carbocycles. The fourth-order valence-corrected chi connectivity index (χ4v) is 4.85. The molecule has 0 bridgehead atoms. The summed E-state index contributed by atoms with van der Waals surface area (Å²) in [4.78, 5) is 16.6. The molecule has 0 amide bonds. The third kappa shape index (κ3) is 3.08. The Kier molecular flexibility index (Phi) is 4.77. The highest BCUT2D eigenvalue weighted by molar-refractivity contribution is 5.94. The minimum atomic E-state index is -1.03. The number of aromatic carboxylic acids is 1. The molecule has 0 radical (unpaired) electrons. The first-order valence-electron chi connectivity index (χ1n) is 10.7. The predicted molar refractivity (Wildman–Crippen MR) is 112 cm³/mol. The Morgan fingerprint density at radius 3 is 2.43 bits per heavy atom. The molecule has 5 rings (SSSR count). The molecular formula is C23H25FN4O2. The molecule has 1 aliphatic carbocycles. The van der Waals surface area contributed by atoms with Crippen molar-refractivity contribution in [3.63, 3.8) is 0 Å². The summed E-state index contributed by atoms with van der Waals surface area (Å²) in [6.07, 6.45) is 5.27. The van der Waals surface area contributed by atoms with Crippen LogP contribution in [0, 0.1) is 12.7 Å². The van der Waals surface area contributed by atoms with Crippen molar-refractivity contribution < 1.29 is 14.3 Å². The minimum absolute atomic E-state index is 0.0828. The molecule has 3 aromatic rings. The van der Waals surface area contributed by atoms with Crippen LogP contribution in [-0.2, 0) is 0 Å². The van der Waals surface area contributed by atoms with Gasteiger partial charge < -0.3 is 10.4 Å². The number of carboxylic acid groups (broad SMARTS) is 1. The standard InChI is InChI=1S/C23H25FN4O2/c1-13-18(14-9-11-25-12-10-14)19-21(15-3-2-4-15)27-28(17-7-5-16(24)6-8-17)22(19)26-20(13)23(29)30/h5-8,14-15,25H,2-4,9-12H2,1H3,(H,29,30). The fraction of sp³-hybridized carbons (Fsp3) is 0.435. The summed E-state index contributed by atoms with van der Waals surface area (Å²) in [7, 11) is 0. The summed E-state index contributed by atoms with van der Waals surface area (Å²) in [5.41, 5.74) is 4.20. The van der Waals surface area contributed by atoms with Gasteiger partial charge in [0.1, 0.15) is 5.82 Å². The van der Waals surface area contributed by atoms with Crippen molar-refractivity contribution >= 4 is 17.0 Å². The van der Waals surface area contributed by atoms with E-state index in [4.69, 9.17) is 5.10 Å². The van der Waals surface area contributed by atoms with Gasteiger partial charge in [0, 0.05) is 11.3 Å². The average Bonchev–Trinajstić information content (AvgIpc) is 3.06. The monoisotopic (exact) mass is 408 g/mol. The van der Waals surface area contributed by atoms with Crippen molar-refractivity contribution in [1.29, 1.82) is 0 Å². The van der Waals surface area contributed by atoms with Crippen LogP contribution in [0.25, 0.3) is 16.7 Å². The van der Waals surface area contributed by atoms with Gasteiger partial charge in [-0.05, 0) is 87.0 Å². The number of carbonyl (C=O) groups is 1. The van der Waals surface area contributed by atoms with Crippen LogP contribution in [0.5, 0.6) is 0 Å². The van der Waals surface area contributed by atoms with Gasteiger partial charge in [0.2, 0.25) is 0 Å². The molecule has 2 N–H and O–H groups in total. The van der Waals surface area contributed by atoms with Crippen molar-refractivity contribution in [1.82, 2.24) is 20.1 Å². The van der Waals surface area contributed by atoms with E-state index in [9.17, 15) is 14.3 Å². The Hall–Kier alpha value is -2.80. The van der Waals surface area contributed by atoms with Gasteiger partial charge in [0.25, 0.3) is 0 Å². The largest absolute Gasteiger partial charge is 0.477 e. The number of hydrogen-bond donors (Lipinski definition) is 2. The van der Waals surface area contributed by atoms with E-state index in [0.717, 1.165) is 61.0 Å². The summed E-state index contributed by atoms with van der Waals surface area (Å²) in [6.45, 7) is 3.72. The number of nitrogens with one attached hydrogen (secondary N) is 1. The third-order valence-corrected chi connectivity index (χ3v) is 6.65.